The van der Waals surface area contributed by atoms with Crippen LogP contribution in [0.3, 0.4) is 0 Å². The Morgan fingerprint density at radius 1 is 1.14 bits per heavy atom. The molecule has 6 rings (SSSR count). The number of nitriles is 1. The molecule has 12 heteroatoms. The van der Waals surface area contributed by atoms with E-state index < -0.39 is 0 Å². The van der Waals surface area contributed by atoms with Crippen LogP contribution in [-0.4, -0.2) is 91.7 Å². The van der Waals surface area contributed by atoms with Gasteiger partial charge in [-0.25, -0.2) is 4.52 Å². The van der Waals surface area contributed by atoms with E-state index in [9.17, 15) is 10.1 Å². The lowest BCUT2D eigenvalue weighted by Gasteiger charge is -2.50. The van der Waals surface area contributed by atoms with Crippen molar-refractivity contribution >= 4 is 40.6 Å². The van der Waals surface area contributed by atoms with Crippen molar-refractivity contribution in [2.75, 3.05) is 56.5 Å². The fourth-order valence-corrected chi connectivity index (χ4v) is 6.53. The van der Waals surface area contributed by atoms with Gasteiger partial charge in [-0.1, -0.05) is 26.0 Å². The number of hydrogen-bond donors (Lipinski definition) is 1. The molecule has 2 saturated heterocycles. The molecule has 5 heterocycles. The van der Waals surface area contributed by atoms with Gasteiger partial charge in [0, 0.05) is 73.6 Å². The quantitative estimate of drug-likeness (QED) is 0.295. The third-order valence-corrected chi connectivity index (χ3v) is 8.98. The zero-order chi connectivity index (χ0) is 29.3. The summed E-state index contributed by atoms with van der Waals surface area (Å²) >= 11 is 1.85. The zero-order valence-corrected chi connectivity index (χ0v) is 25.1. The predicted octanol–water partition coefficient (Wildman–Crippen LogP) is 3.62. The molecule has 42 heavy (non-hydrogen) atoms. The molecule has 2 fully saturated rings. The lowest BCUT2D eigenvalue weighted by atomic mass is 9.71. The minimum Gasteiger partial charge on any atom is -0.366 e. The molecule has 0 spiro atoms. The highest BCUT2D eigenvalue weighted by Crippen LogP contribution is 2.42. The van der Waals surface area contributed by atoms with Crippen molar-refractivity contribution in [2.45, 2.75) is 42.4 Å². The molecule has 1 amide bonds. The van der Waals surface area contributed by atoms with Gasteiger partial charge in [0.1, 0.15) is 6.54 Å². The van der Waals surface area contributed by atoms with Gasteiger partial charge in [0.05, 0.1) is 23.6 Å². The average molecular weight is 585 g/mol. The maximum Gasteiger partial charge on any atom is 0.247 e. The first-order valence-electron chi connectivity index (χ1n) is 14.3. The smallest absolute Gasteiger partial charge is 0.247 e. The summed E-state index contributed by atoms with van der Waals surface area (Å²) in [5.74, 6) is 0.523. The number of carbonyl (C=O) groups is 1. The number of nitrogens with zero attached hydrogens (tertiary/aromatic N) is 9. The highest BCUT2D eigenvalue weighted by Gasteiger charge is 2.45. The number of thioether (sulfide) groups is 1. The third-order valence-electron chi connectivity index (χ3n) is 7.97. The van der Waals surface area contributed by atoms with Gasteiger partial charge in [-0.3, -0.25) is 9.48 Å². The maximum absolute atomic E-state index is 12.7. The first-order chi connectivity index (χ1) is 20.3. The second-order valence-corrected chi connectivity index (χ2v) is 13.1. The van der Waals surface area contributed by atoms with Gasteiger partial charge >= 0.3 is 0 Å². The Labute approximate surface area is 250 Å². The molecule has 3 aromatic heterocycles. The van der Waals surface area contributed by atoms with Crippen LogP contribution in [-0.2, 0) is 16.8 Å². The molecule has 11 nitrogen and oxygen atoms in total. The topological polar surface area (TPSA) is 111 Å². The van der Waals surface area contributed by atoms with Crippen molar-refractivity contribution in [3.8, 4) is 6.07 Å². The third kappa shape index (κ3) is 5.80. The van der Waals surface area contributed by atoms with Gasteiger partial charge in [-0.05, 0) is 36.9 Å². The van der Waals surface area contributed by atoms with Gasteiger partial charge < -0.3 is 20.0 Å². The molecular formula is C30H36N10OS. The number of aromatic nitrogens is 5. The number of anilines is 3. The Bertz CT molecular complexity index is 1590. The van der Waals surface area contributed by atoms with Crippen LogP contribution in [0.15, 0.2) is 59.9 Å². The van der Waals surface area contributed by atoms with Crippen molar-refractivity contribution in [3.05, 3.63) is 60.6 Å². The van der Waals surface area contributed by atoms with E-state index in [0.29, 0.717) is 17.6 Å². The number of likely N-dealkylation sites (N-methyl/N-ethyl adjacent to an activating group) is 1. The van der Waals surface area contributed by atoms with Gasteiger partial charge in [0.15, 0.2) is 5.65 Å². The number of nitrogens with one attached hydrogen (secondary N) is 1. The van der Waals surface area contributed by atoms with Crippen molar-refractivity contribution in [2.24, 2.45) is 0 Å². The van der Waals surface area contributed by atoms with E-state index in [1.165, 1.54) is 10.5 Å². The monoisotopic (exact) mass is 584 g/mol. The number of pyridine rings is 1. The van der Waals surface area contributed by atoms with E-state index >= 15 is 0 Å². The number of amides is 1. The molecular weight excluding hydrogens is 548 g/mol. The lowest BCUT2D eigenvalue weighted by molar-refractivity contribution is -0.133. The van der Waals surface area contributed by atoms with Gasteiger partial charge in [0.2, 0.25) is 11.9 Å². The summed E-state index contributed by atoms with van der Waals surface area (Å²) in [6.07, 6.45) is 5.82. The van der Waals surface area contributed by atoms with E-state index in [-0.39, 0.29) is 17.9 Å². The molecule has 0 saturated carbocycles. The molecule has 2 aliphatic heterocycles. The summed E-state index contributed by atoms with van der Waals surface area (Å²) < 4.78 is 3.41. The number of fused-ring (bicyclic) bond motifs is 1. The molecule has 218 valence electrons. The average Bonchev–Trinajstić information content (AvgIpc) is 3.57. The highest BCUT2D eigenvalue weighted by atomic mass is 32.2. The van der Waals surface area contributed by atoms with Crippen LogP contribution in [0.1, 0.15) is 25.8 Å². The van der Waals surface area contributed by atoms with Gasteiger partial charge in [-0.2, -0.15) is 15.3 Å². The van der Waals surface area contributed by atoms with Crippen LogP contribution in [0.5, 0.6) is 0 Å². The minimum atomic E-state index is -0.208. The number of carbonyl (C=O) groups excluding carboxylic acids is 1. The van der Waals surface area contributed by atoms with Crippen molar-refractivity contribution < 1.29 is 4.79 Å². The number of benzene rings is 1. The summed E-state index contributed by atoms with van der Waals surface area (Å²) in [7, 11) is 2.07. The van der Waals surface area contributed by atoms with E-state index in [0.717, 1.165) is 56.3 Å². The van der Waals surface area contributed by atoms with E-state index in [4.69, 9.17) is 4.98 Å². The van der Waals surface area contributed by atoms with Crippen molar-refractivity contribution in [1.82, 2.24) is 34.2 Å². The molecule has 2 aliphatic rings. The van der Waals surface area contributed by atoms with Crippen LogP contribution in [0, 0.1) is 11.3 Å². The molecule has 1 N–H and O–H groups in total. The van der Waals surface area contributed by atoms with Crippen LogP contribution >= 0.6 is 11.8 Å². The summed E-state index contributed by atoms with van der Waals surface area (Å²) in [5.41, 5.74) is 3.43. The first kappa shape index (κ1) is 28.1. The Morgan fingerprint density at radius 2 is 1.90 bits per heavy atom. The molecule has 1 aromatic carbocycles. The molecule has 0 unspecified atom stereocenters. The van der Waals surface area contributed by atoms with Crippen LogP contribution in [0.2, 0.25) is 0 Å². The fourth-order valence-electron chi connectivity index (χ4n) is 5.69. The second-order valence-electron chi connectivity index (χ2n) is 11.5. The molecule has 0 bridgehead atoms. The van der Waals surface area contributed by atoms with Crippen molar-refractivity contribution in [3.63, 3.8) is 0 Å². The Kier molecular flexibility index (Phi) is 7.79. The highest BCUT2D eigenvalue weighted by molar-refractivity contribution is 7.99. The minimum absolute atomic E-state index is 0.0701. The lowest BCUT2D eigenvalue weighted by Crippen LogP contribution is -2.59. The maximum atomic E-state index is 12.7. The molecule has 4 aromatic rings. The Hall–Kier alpha value is -4.08. The van der Waals surface area contributed by atoms with E-state index in [2.05, 4.69) is 82.6 Å². The van der Waals surface area contributed by atoms with Crippen molar-refractivity contribution in [1.29, 1.82) is 5.26 Å². The molecule has 0 atom stereocenters. The summed E-state index contributed by atoms with van der Waals surface area (Å²) in [6, 6.07) is 15.1. The molecule has 0 radical (unpaired) electrons. The number of rotatable bonds is 9. The number of piperazine rings is 1. The Balaban J connectivity index is 1.13. The normalized spacial score (nSPS) is 16.9. The summed E-state index contributed by atoms with van der Waals surface area (Å²) in [6.45, 7) is 9.32. The SMILES string of the molecule is CC(C)Sc1ccc(C2(CC#N)CN(c3cccn4nc(Nc5cnn(CC(=O)N6CCN(C)CC6)c5)nc34)C2)cc1. The van der Waals surface area contributed by atoms with Gasteiger partial charge in [0.25, 0.3) is 0 Å². The largest absolute Gasteiger partial charge is 0.366 e. The molecule has 0 aliphatic carbocycles. The Morgan fingerprint density at radius 3 is 2.62 bits per heavy atom. The predicted molar refractivity (Wildman–Crippen MR) is 164 cm³/mol. The fraction of sp³-hybridized carbons (Fsp3) is 0.433. The van der Waals surface area contributed by atoms with Gasteiger partial charge in [-0.15, -0.1) is 16.9 Å². The standard InChI is InChI=1S/C30H36N10OS/c1-22(2)42-25-8-6-23(7-9-25)30(10-11-31)20-38(21-30)26-5-4-12-40-28(26)34-29(35-40)33-24-17-32-39(18-24)19-27(41)37-15-13-36(3)14-16-37/h4-9,12,17-18,22H,10,13-16,19-21H2,1-3H3,(H,33,35). The number of hydrogen-bond acceptors (Lipinski definition) is 9. The van der Waals surface area contributed by atoms with Crippen LogP contribution in [0.25, 0.3) is 5.65 Å². The first-order valence-corrected chi connectivity index (χ1v) is 15.2. The van der Waals surface area contributed by atoms with Crippen LogP contribution < -0.4 is 10.2 Å². The summed E-state index contributed by atoms with van der Waals surface area (Å²) in [5, 5.41) is 22.4. The zero-order valence-electron chi connectivity index (χ0n) is 24.3. The summed E-state index contributed by atoms with van der Waals surface area (Å²) in [4.78, 5) is 25.1. The van der Waals surface area contributed by atoms with Crippen LogP contribution in [0.4, 0.5) is 17.3 Å². The van der Waals surface area contributed by atoms with E-state index in [1.54, 1.807) is 21.6 Å². The second kappa shape index (κ2) is 11.7. The van der Waals surface area contributed by atoms with E-state index in [1.807, 2.05) is 28.9 Å².